The van der Waals surface area contributed by atoms with Crippen LogP contribution in [0.1, 0.15) is 27.7 Å². The first kappa shape index (κ1) is 22.0. The first-order valence-corrected chi connectivity index (χ1v) is 11.7. The highest BCUT2D eigenvalue weighted by Gasteiger charge is 2.32. The molecule has 0 aromatic carbocycles. The van der Waals surface area contributed by atoms with Crippen LogP contribution in [-0.4, -0.2) is 89.1 Å². The molecule has 154 valence electrons. The molecule has 26 heavy (non-hydrogen) atoms. The van der Waals surface area contributed by atoms with Crippen molar-refractivity contribution in [2.45, 2.75) is 52.1 Å². The molecule has 2 saturated heterocycles. The molecule has 12 heteroatoms. The highest BCUT2D eigenvalue weighted by molar-refractivity contribution is 7.87. The lowest BCUT2D eigenvalue weighted by molar-refractivity contribution is -0.0446. The number of nitrogens with zero attached hydrogens (tertiary/aromatic N) is 2. The van der Waals surface area contributed by atoms with Crippen LogP contribution in [0.25, 0.3) is 0 Å². The van der Waals surface area contributed by atoms with Gasteiger partial charge in [-0.1, -0.05) is 0 Å². The first-order chi connectivity index (χ1) is 12.0. The summed E-state index contributed by atoms with van der Waals surface area (Å²) in [6.07, 6.45) is -0.725. The van der Waals surface area contributed by atoms with Gasteiger partial charge in [0.05, 0.1) is 24.4 Å². The first-order valence-electron chi connectivity index (χ1n) is 8.80. The Hall–Kier alpha value is -0.340. The normalized spacial score (nSPS) is 32.6. The molecule has 0 spiro atoms. The zero-order valence-corrected chi connectivity index (χ0v) is 17.3. The van der Waals surface area contributed by atoms with Gasteiger partial charge in [0.1, 0.15) is 0 Å². The van der Waals surface area contributed by atoms with E-state index >= 15 is 0 Å². The van der Waals surface area contributed by atoms with Gasteiger partial charge >= 0.3 is 0 Å². The van der Waals surface area contributed by atoms with Crippen LogP contribution in [0, 0.1) is 0 Å². The predicted octanol–water partition coefficient (Wildman–Crippen LogP) is -1.13. The third kappa shape index (κ3) is 6.09. The van der Waals surface area contributed by atoms with E-state index in [1.54, 1.807) is 0 Å². The lowest BCUT2D eigenvalue weighted by atomic mass is 10.3. The van der Waals surface area contributed by atoms with Crippen LogP contribution in [0.5, 0.6) is 0 Å². The van der Waals surface area contributed by atoms with E-state index in [-0.39, 0.29) is 63.7 Å². The van der Waals surface area contributed by atoms with Crippen molar-refractivity contribution in [1.29, 1.82) is 0 Å². The standard InChI is InChI=1S/C14H30N4O6S2/c1-11-7-17(8-12(2)23-11)25(19,20)15-5-6-16-26(21,22)18-9-13(3)24-14(4)10-18/h11-16H,5-10H2,1-4H3. The molecular formula is C14H30N4O6S2. The summed E-state index contributed by atoms with van der Waals surface area (Å²) in [5, 5.41) is 0. The molecule has 2 rings (SSSR count). The Bertz CT molecular complexity index is 593. The van der Waals surface area contributed by atoms with E-state index in [9.17, 15) is 16.8 Å². The molecule has 0 aromatic rings. The smallest absolute Gasteiger partial charge is 0.279 e. The zero-order chi connectivity index (χ0) is 19.5. The summed E-state index contributed by atoms with van der Waals surface area (Å²) in [5.74, 6) is 0. The fourth-order valence-corrected chi connectivity index (χ4v) is 5.91. The monoisotopic (exact) mass is 414 g/mol. The highest BCUT2D eigenvalue weighted by atomic mass is 32.2. The molecule has 0 aliphatic carbocycles. The Kier molecular flexibility index (Phi) is 7.41. The van der Waals surface area contributed by atoms with Gasteiger partial charge in [0.15, 0.2) is 0 Å². The van der Waals surface area contributed by atoms with Gasteiger partial charge in [0.2, 0.25) is 0 Å². The minimum Gasteiger partial charge on any atom is -0.373 e. The van der Waals surface area contributed by atoms with Gasteiger partial charge in [0, 0.05) is 39.3 Å². The summed E-state index contributed by atoms with van der Waals surface area (Å²) in [6, 6.07) is 0. The van der Waals surface area contributed by atoms with Crippen LogP contribution < -0.4 is 9.44 Å². The van der Waals surface area contributed by atoms with Crippen LogP contribution in [0.15, 0.2) is 0 Å². The van der Waals surface area contributed by atoms with Crippen molar-refractivity contribution >= 4 is 20.4 Å². The zero-order valence-electron chi connectivity index (χ0n) is 15.7. The molecule has 0 amide bonds. The number of hydrogen-bond acceptors (Lipinski definition) is 6. The molecule has 0 bridgehead atoms. The number of ether oxygens (including phenoxy) is 2. The maximum atomic E-state index is 12.3. The second-order valence-electron chi connectivity index (χ2n) is 6.95. The fraction of sp³-hybridized carbons (Fsp3) is 1.00. The summed E-state index contributed by atoms with van der Waals surface area (Å²) < 4.78 is 67.9. The molecule has 2 aliphatic rings. The molecule has 2 N–H and O–H groups in total. The summed E-state index contributed by atoms with van der Waals surface area (Å²) >= 11 is 0. The third-order valence-corrected chi connectivity index (χ3v) is 7.24. The summed E-state index contributed by atoms with van der Waals surface area (Å²) in [7, 11) is -7.35. The van der Waals surface area contributed by atoms with Gasteiger partial charge in [-0.3, -0.25) is 0 Å². The predicted molar refractivity (Wildman–Crippen MR) is 97.0 cm³/mol. The molecule has 4 unspecified atom stereocenters. The Morgan fingerprint density at radius 2 is 0.962 bits per heavy atom. The van der Waals surface area contributed by atoms with E-state index in [1.807, 2.05) is 27.7 Å². The van der Waals surface area contributed by atoms with Crippen LogP contribution in [0.4, 0.5) is 0 Å². The molecule has 4 atom stereocenters. The molecule has 0 radical (unpaired) electrons. The van der Waals surface area contributed by atoms with Crippen LogP contribution >= 0.6 is 0 Å². The van der Waals surface area contributed by atoms with Crippen molar-refractivity contribution in [1.82, 2.24) is 18.1 Å². The van der Waals surface area contributed by atoms with Crippen LogP contribution in [0.2, 0.25) is 0 Å². The van der Waals surface area contributed by atoms with Gasteiger partial charge < -0.3 is 9.47 Å². The lowest BCUT2D eigenvalue weighted by Crippen LogP contribution is -2.54. The summed E-state index contributed by atoms with van der Waals surface area (Å²) in [4.78, 5) is 0. The summed E-state index contributed by atoms with van der Waals surface area (Å²) in [6.45, 7) is 8.29. The summed E-state index contributed by atoms with van der Waals surface area (Å²) in [5.41, 5.74) is 0. The number of hydrogen-bond donors (Lipinski definition) is 2. The second kappa shape index (κ2) is 8.78. The van der Waals surface area contributed by atoms with Gasteiger partial charge in [0.25, 0.3) is 20.4 Å². The van der Waals surface area contributed by atoms with Gasteiger partial charge in [-0.15, -0.1) is 0 Å². The van der Waals surface area contributed by atoms with Gasteiger partial charge in [-0.25, -0.2) is 9.44 Å². The maximum Gasteiger partial charge on any atom is 0.279 e. The lowest BCUT2D eigenvalue weighted by Gasteiger charge is -2.35. The Balaban J connectivity index is 1.81. The SMILES string of the molecule is CC1CN(S(=O)(=O)NCCNS(=O)(=O)N2CC(C)OC(C)C2)CC(C)O1. The van der Waals surface area contributed by atoms with Crippen molar-refractivity contribution in [2.75, 3.05) is 39.3 Å². The molecule has 10 nitrogen and oxygen atoms in total. The van der Waals surface area contributed by atoms with Crippen LogP contribution in [-0.2, 0) is 29.9 Å². The van der Waals surface area contributed by atoms with Crippen molar-refractivity contribution in [2.24, 2.45) is 0 Å². The van der Waals surface area contributed by atoms with E-state index in [0.29, 0.717) is 0 Å². The molecular weight excluding hydrogens is 384 g/mol. The third-order valence-electron chi connectivity index (χ3n) is 4.15. The highest BCUT2D eigenvalue weighted by Crippen LogP contribution is 2.14. The molecule has 0 saturated carbocycles. The van der Waals surface area contributed by atoms with E-state index in [4.69, 9.17) is 9.47 Å². The Morgan fingerprint density at radius 1 is 0.692 bits per heavy atom. The van der Waals surface area contributed by atoms with Crippen molar-refractivity contribution in [3.05, 3.63) is 0 Å². The van der Waals surface area contributed by atoms with Crippen molar-refractivity contribution in [3.63, 3.8) is 0 Å². The number of morpholine rings is 2. The minimum absolute atomic E-state index is 0.0306. The van der Waals surface area contributed by atoms with Gasteiger partial charge in [-0.2, -0.15) is 25.4 Å². The largest absolute Gasteiger partial charge is 0.373 e. The number of nitrogens with one attached hydrogen (secondary N) is 2. The molecule has 2 aliphatic heterocycles. The fourth-order valence-electron chi connectivity index (χ4n) is 3.20. The van der Waals surface area contributed by atoms with E-state index in [0.717, 1.165) is 0 Å². The van der Waals surface area contributed by atoms with Crippen molar-refractivity contribution < 1.29 is 26.3 Å². The molecule has 2 fully saturated rings. The van der Waals surface area contributed by atoms with Crippen molar-refractivity contribution in [3.8, 4) is 0 Å². The van der Waals surface area contributed by atoms with E-state index in [1.165, 1.54) is 8.61 Å². The Labute approximate surface area is 156 Å². The molecule has 0 aromatic heterocycles. The average molecular weight is 415 g/mol. The van der Waals surface area contributed by atoms with Crippen LogP contribution in [0.3, 0.4) is 0 Å². The second-order valence-corrected chi connectivity index (χ2v) is 10.5. The average Bonchev–Trinajstić information content (AvgIpc) is 2.50. The molecule has 2 heterocycles. The number of rotatable bonds is 7. The maximum absolute atomic E-state index is 12.3. The van der Waals surface area contributed by atoms with Gasteiger partial charge in [-0.05, 0) is 27.7 Å². The Morgan fingerprint density at radius 3 is 1.23 bits per heavy atom. The van der Waals surface area contributed by atoms with E-state index < -0.39 is 20.4 Å². The quantitative estimate of drug-likeness (QED) is 0.509. The topological polar surface area (TPSA) is 117 Å². The minimum atomic E-state index is -3.67. The van der Waals surface area contributed by atoms with E-state index in [2.05, 4.69) is 9.44 Å².